The molecule has 2 amide bonds. The molecule has 0 aliphatic carbocycles. The number of aryl methyl sites for hydroxylation is 1. The molecule has 1 aromatic carbocycles. The monoisotopic (exact) mass is 330 g/mol. The Morgan fingerprint density at radius 2 is 2.00 bits per heavy atom. The molecule has 130 valence electrons. The normalized spacial score (nSPS) is 13.6. The van der Waals surface area contributed by atoms with Crippen molar-refractivity contribution in [3.8, 4) is 0 Å². The third-order valence-corrected chi connectivity index (χ3v) is 4.17. The van der Waals surface area contributed by atoms with Gasteiger partial charge in [-0.3, -0.25) is 4.68 Å². The molecular weight excluding hydrogens is 304 g/mol. The first-order chi connectivity index (χ1) is 11.3. The maximum absolute atomic E-state index is 11.9. The Morgan fingerprint density at radius 3 is 2.54 bits per heavy atom. The third-order valence-electron chi connectivity index (χ3n) is 4.17. The molecule has 1 unspecified atom stereocenters. The molecule has 0 saturated carbocycles. The van der Waals surface area contributed by atoms with Crippen LogP contribution in [0.5, 0.6) is 0 Å². The Kier molecular flexibility index (Phi) is 5.62. The largest absolute Gasteiger partial charge is 0.388 e. The number of benzene rings is 1. The van der Waals surface area contributed by atoms with Gasteiger partial charge in [0.1, 0.15) is 0 Å². The van der Waals surface area contributed by atoms with Crippen molar-refractivity contribution in [3.05, 3.63) is 47.8 Å². The van der Waals surface area contributed by atoms with Crippen molar-refractivity contribution in [1.29, 1.82) is 0 Å². The molecule has 0 spiro atoms. The minimum Gasteiger partial charge on any atom is -0.388 e. The molecule has 0 radical (unpaired) electrons. The highest BCUT2D eigenvalue weighted by molar-refractivity contribution is 5.89. The summed E-state index contributed by atoms with van der Waals surface area (Å²) in [6.07, 6.45) is 3.81. The van der Waals surface area contributed by atoms with Gasteiger partial charge in [-0.1, -0.05) is 26.0 Å². The van der Waals surface area contributed by atoms with Gasteiger partial charge < -0.3 is 15.7 Å². The number of nitrogens with one attached hydrogen (secondary N) is 2. The first-order valence-electron chi connectivity index (χ1n) is 8.11. The topological polar surface area (TPSA) is 79.2 Å². The van der Waals surface area contributed by atoms with Crippen LogP contribution in [0.25, 0.3) is 0 Å². The number of aliphatic hydroxyl groups is 1. The number of rotatable bonds is 6. The van der Waals surface area contributed by atoms with E-state index in [0.717, 1.165) is 11.1 Å². The first kappa shape index (κ1) is 18.0. The summed E-state index contributed by atoms with van der Waals surface area (Å²) in [5, 5.41) is 19.9. The van der Waals surface area contributed by atoms with Crippen molar-refractivity contribution < 1.29 is 9.90 Å². The Morgan fingerprint density at radius 1 is 1.33 bits per heavy atom. The van der Waals surface area contributed by atoms with Crippen LogP contribution >= 0.6 is 0 Å². The van der Waals surface area contributed by atoms with E-state index in [1.807, 2.05) is 62.1 Å². The molecule has 6 nitrogen and oxygen atoms in total. The van der Waals surface area contributed by atoms with E-state index >= 15 is 0 Å². The van der Waals surface area contributed by atoms with Crippen LogP contribution in [0.2, 0.25) is 0 Å². The quantitative estimate of drug-likeness (QED) is 0.762. The SMILES string of the molecule is Cc1cnn(Cc2ccc(NC(=O)NCC(C)(O)C(C)C)cc2)c1. The second-order valence-electron chi connectivity index (χ2n) is 6.73. The Balaban J connectivity index is 1.86. The fourth-order valence-electron chi connectivity index (χ4n) is 2.07. The summed E-state index contributed by atoms with van der Waals surface area (Å²) in [4.78, 5) is 11.9. The molecule has 0 fully saturated rings. The number of urea groups is 1. The molecule has 0 aliphatic rings. The fraction of sp³-hybridized carbons (Fsp3) is 0.444. The van der Waals surface area contributed by atoms with Gasteiger partial charge in [-0.2, -0.15) is 5.10 Å². The van der Waals surface area contributed by atoms with E-state index in [4.69, 9.17) is 0 Å². The smallest absolute Gasteiger partial charge is 0.319 e. The third kappa shape index (κ3) is 5.09. The summed E-state index contributed by atoms with van der Waals surface area (Å²) in [7, 11) is 0. The molecule has 1 aromatic heterocycles. The van der Waals surface area contributed by atoms with E-state index in [-0.39, 0.29) is 18.5 Å². The van der Waals surface area contributed by atoms with Crippen LogP contribution in [0.3, 0.4) is 0 Å². The highest BCUT2D eigenvalue weighted by Crippen LogP contribution is 2.15. The predicted octanol–water partition coefficient (Wildman–Crippen LogP) is 2.77. The predicted molar refractivity (Wildman–Crippen MR) is 95.0 cm³/mol. The molecule has 3 N–H and O–H groups in total. The van der Waals surface area contributed by atoms with Crippen molar-refractivity contribution in [2.24, 2.45) is 5.92 Å². The zero-order valence-electron chi connectivity index (χ0n) is 14.7. The summed E-state index contributed by atoms with van der Waals surface area (Å²) in [6.45, 7) is 8.44. The zero-order valence-corrected chi connectivity index (χ0v) is 14.7. The first-order valence-corrected chi connectivity index (χ1v) is 8.11. The van der Waals surface area contributed by atoms with Gasteiger partial charge in [0.25, 0.3) is 0 Å². The molecule has 0 aliphatic heterocycles. The van der Waals surface area contributed by atoms with E-state index in [1.54, 1.807) is 6.92 Å². The Bertz CT molecular complexity index is 675. The van der Waals surface area contributed by atoms with Crippen LogP contribution in [-0.4, -0.2) is 33.1 Å². The average molecular weight is 330 g/mol. The molecule has 24 heavy (non-hydrogen) atoms. The summed E-state index contributed by atoms with van der Waals surface area (Å²) in [5.41, 5.74) is 2.01. The number of amides is 2. The van der Waals surface area contributed by atoms with E-state index in [9.17, 15) is 9.90 Å². The zero-order chi connectivity index (χ0) is 17.7. The second-order valence-corrected chi connectivity index (χ2v) is 6.73. The summed E-state index contributed by atoms with van der Waals surface area (Å²) < 4.78 is 1.87. The molecule has 1 atom stereocenters. The minimum atomic E-state index is -0.927. The van der Waals surface area contributed by atoms with Crippen molar-refractivity contribution in [2.75, 3.05) is 11.9 Å². The highest BCUT2D eigenvalue weighted by atomic mass is 16.3. The summed E-state index contributed by atoms with van der Waals surface area (Å²) in [5.74, 6) is 0.0583. The number of carbonyl (C=O) groups is 1. The number of aromatic nitrogens is 2. The molecule has 2 rings (SSSR count). The lowest BCUT2D eigenvalue weighted by atomic mass is 9.93. The van der Waals surface area contributed by atoms with Crippen LogP contribution in [0.1, 0.15) is 31.9 Å². The van der Waals surface area contributed by atoms with E-state index in [2.05, 4.69) is 15.7 Å². The lowest BCUT2D eigenvalue weighted by molar-refractivity contribution is 0.0170. The number of nitrogens with zero attached hydrogens (tertiary/aromatic N) is 2. The van der Waals surface area contributed by atoms with Gasteiger partial charge in [0.2, 0.25) is 0 Å². The maximum Gasteiger partial charge on any atom is 0.319 e. The number of carbonyl (C=O) groups excluding carboxylic acids is 1. The molecule has 0 bridgehead atoms. The summed E-state index contributed by atoms with van der Waals surface area (Å²) in [6, 6.07) is 7.29. The van der Waals surface area contributed by atoms with Gasteiger partial charge >= 0.3 is 6.03 Å². The molecular formula is C18H26N4O2. The van der Waals surface area contributed by atoms with Crippen LogP contribution in [0.15, 0.2) is 36.7 Å². The van der Waals surface area contributed by atoms with Gasteiger partial charge in [0.05, 0.1) is 18.3 Å². The molecule has 1 heterocycles. The average Bonchev–Trinajstić information content (AvgIpc) is 2.92. The number of hydrogen-bond donors (Lipinski definition) is 3. The number of hydrogen-bond acceptors (Lipinski definition) is 3. The highest BCUT2D eigenvalue weighted by Gasteiger charge is 2.25. The van der Waals surface area contributed by atoms with Crippen molar-refractivity contribution in [2.45, 2.75) is 39.8 Å². The van der Waals surface area contributed by atoms with Crippen molar-refractivity contribution >= 4 is 11.7 Å². The molecule has 6 heteroatoms. The molecule has 2 aromatic rings. The van der Waals surface area contributed by atoms with Gasteiger partial charge in [-0.25, -0.2) is 4.79 Å². The summed E-state index contributed by atoms with van der Waals surface area (Å²) >= 11 is 0. The van der Waals surface area contributed by atoms with Crippen molar-refractivity contribution in [1.82, 2.24) is 15.1 Å². The second kappa shape index (κ2) is 7.49. The minimum absolute atomic E-state index is 0.0583. The standard InChI is InChI=1S/C18H26N4O2/c1-13(2)18(4,24)12-19-17(23)21-16-7-5-15(6-8-16)11-22-10-14(3)9-20-22/h5-10,13,24H,11-12H2,1-4H3,(H2,19,21,23). The van der Waals surface area contributed by atoms with Crippen LogP contribution in [0.4, 0.5) is 10.5 Å². The maximum atomic E-state index is 11.9. The van der Waals surface area contributed by atoms with E-state index in [0.29, 0.717) is 12.2 Å². The Labute approximate surface area is 142 Å². The molecule has 0 saturated heterocycles. The van der Waals surface area contributed by atoms with Gasteiger partial charge in [0.15, 0.2) is 0 Å². The number of anilines is 1. The van der Waals surface area contributed by atoms with Crippen LogP contribution < -0.4 is 10.6 Å². The van der Waals surface area contributed by atoms with E-state index in [1.165, 1.54) is 0 Å². The lowest BCUT2D eigenvalue weighted by Crippen LogP contribution is -2.45. The van der Waals surface area contributed by atoms with Crippen LogP contribution in [0, 0.1) is 12.8 Å². The fourth-order valence-corrected chi connectivity index (χ4v) is 2.07. The van der Waals surface area contributed by atoms with Crippen LogP contribution in [-0.2, 0) is 6.54 Å². The van der Waals surface area contributed by atoms with E-state index < -0.39 is 5.60 Å². The van der Waals surface area contributed by atoms with Gasteiger partial charge in [-0.15, -0.1) is 0 Å². The van der Waals surface area contributed by atoms with Crippen molar-refractivity contribution in [3.63, 3.8) is 0 Å². The Hall–Kier alpha value is -2.34. The van der Waals surface area contributed by atoms with Gasteiger partial charge in [-0.05, 0) is 43.0 Å². The lowest BCUT2D eigenvalue weighted by Gasteiger charge is -2.27. The van der Waals surface area contributed by atoms with Gasteiger partial charge in [0, 0.05) is 18.4 Å².